The van der Waals surface area contributed by atoms with Crippen LogP contribution in [0.3, 0.4) is 0 Å². The first-order chi connectivity index (χ1) is 13.5. The number of benzene rings is 2. The molecule has 0 bridgehead atoms. The van der Waals surface area contributed by atoms with Crippen molar-refractivity contribution in [3.05, 3.63) is 64.0 Å². The molecule has 9 heteroatoms. The lowest BCUT2D eigenvalue weighted by atomic mass is 10.2. The summed E-state index contributed by atoms with van der Waals surface area (Å²) in [6.07, 6.45) is 0. The molecule has 1 heterocycles. The monoisotopic (exact) mass is 404 g/mol. The lowest BCUT2D eigenvalue weighted by molar-refractivity contribution is -0.387. The second kappa shape index (κ2) is 9.63. The molecule has 148 valence electrons. The summed E-state index contributed by atoms with van der Waals surface area (Å²) in [5, 5.41) is 17.5. The van der Waals surface area contributed by atoms with Crippen molar-refractivity contribution >= 4 is 23.4 Å². The molecular formula is C19H21FN4O3S. The third-order valence-corrected chi connectivity index (χ3v) is 5.46. The number of nitrogens with one attached hydrogen (secondary N) is 2. The van der Waals surface area contributed by atoms with Crippen molar-refractivity contribution in [2.24, 2.45) is 0 Å². The van der Waals surface area contributed by atoms with Gasteiger partial charge in [-0.15, -0.1) is 0 Å². The molecule has 0 spiro atoms. The molecule has 2 N–H and O–H groups in total. The van der Waals surface area contributed by atoms with Crippen molar-refractivity contribution in [3.63, 3.8) is 0 Å². The highest BCUT2D eigenvalue weighted by atomic mass is 32.2. The van der Waals surface area contributed by atoms with Crippen LogP contribution >= 0.6 is 11.8 Å². The topological polar surface area (TPSA) is 87.5 Å². The van der Waals surface area contributed by atoms with Gasteiger partial charge in [0.15, 0.2) is 0 Å². The average Bonchev–Trinajstić information content (AvgIpc) is 2.70. The van der Waals surface area contributed by atoms with Crippen molar-refractivity contribution in [2.75, 3.05) is 39.3 Å². The summed E-state index contributed by atoms with van der Waals surface area (Å²) < 4.78 is 13.0. The molecule has 2 aromatic rings. The zero-order chi connectivity index (χ0) is 19.9. The van der Waals surface area contributed by atoms with Crippen LogP contribution in [0.25, 0.3) is 0 Å². The molecule has 0 aromatic heterocycles. The second-order valence-corrected chi connectivity index (χ2v) is 7.46. The van der Waals surface area contributed by atoms with Gasteiger partial charge in [-0.05, 0) is 36.4 Å². The minimum absolute atomic E-state index is 0.149. The maximum absolute atomic E-state index is 13.0. The van der Waals surface area contributed by atoms with Gasteiger partial charge in [0.2, 0.25) is 0 Å². The first-order valence-corrected chi connectivity index (χ1v) is 9.78. The van der Waals surface area contributed by atoms with Gasteiger partial charge in [0.25, 0.3) is 11.6 Å². The number of nitrogens with zero attached hydrogens (tertiary/aromatic N) is 2. The molecule has 28 heavy (non-hydrogen) atoms. The molecule has 1 aliphatic heterocycles. The van der Waals surface area contributed by atoms with Crippen LogP contribution in [0.1, 0.15) is 10.4 Å². The molecule has 3 rings (SSSR count). The average molecular weight is 404 g/mol. The van der Waals surface area contributed by atoms with Crippen LogP contribution in [0.15, 0.2) is 52.3 Å². The largest absolute Gasteiger partial charge is 0.351 e. The molecule has 0 atom stereocenters. The number of piperazine rings is 1. The van der Waals surface area contributed by atoms with Crippen LogP contribution in [0.5, 0.6) is 0 Å². The number of nitro groups is 1. The van der Waals surface area contributed by atoms with Crippen molar-refractivity contribution < 1.29 is 14.1 Å². The van der Waals surface area contributed by atoms with Gasteiger partial charge in [0, 0.05) is 55.8 Å². The van der Waals surface area contributed by atoms with E-state index in [2.05, 4.69) is 15.5 Å². The number of nitro benzene ring substituents is 1. The van der Waals surface area contributed by atoms with E-state index in [1.54, 1.807) is 24.3 Å². The zero-order valence-electron chi connectivity index (χ0n) is 15.2. The van der Waals surface area contributed by atoms with Gasteiger partial charge in [0.05, 0.1) is 9.82 Å². The van der Waals surface area contributed by atoms with Crippen molar-refractivity contribution in [1.82, 2.24) is 15.5 Å². The van der Waals surface area contributed by atoms with E-state index in [9.17, 15) is 19.3 Å². The number of carbonyl (C=O) groups is 1. The van der Waals surface area contributed by atoms with Crippen LogP contribution in [-0.2, 0) is 0 Å². The normalized spacial score (nSPS) is 14.6. The summed E-state index contributed by atoms with van der Waals surface area (Å²) in [6.45, 7) is 4.99. The van der Waals surface area contributed by atoms with Crippen LogP contribution in [0.4, 0.5) is 10.1 Å². The Labute approximate surface area is 166 Å². The van der Waals surface area contributed by atoms with E-state index in [0.717, 1.165) is 44.5 Å². The first-order valence-electron chi connectivity index (χ1n) is 8.96. The minimum atomic E-state index is -0.511. The van der Waals surface area contributed by atoms with E-state index in [-0.39, 0.29) is 23.0 Å². The summed E-state index contributed by atoms with van der Waals surface area (Å²) in [7, 11) is 0. The number of hydrogen-bond acceptors (Lipinski definition) is 6. The first kappa shape index (κ1) is 20.2. The zero-order valence-corrected chi connectivity index (χ0v) is 16.0. The second-order valence-electron chi connectivity index (χ2n) is 6.34. The molecule has 0 saturated carbocycles. The fourth-order valence-electron chi connectivity index (χ4n) is 2.88. The highest BCUT2D eigenvalue weighted by Crippen LogP contribution is 2.35. The van der Waals surface area contributed by atoms with Gasteiger partial charge in [-0.25, -0.2) is 4.39 Å². The van der Waals surface area contributed by atoms with E-state index < -0.39 is 4.92 Å². The standard InChI is InChI=1S/C19H21FN4O3S/c20-15-2-4-16(5-3-15)28-18-6-1-14(13-17(18)24(26)27)19(25)22-9-12-23-10-7-21-8-11-23/h1-6,13,21H,7-12H2,(H,22,25). The van der Waals surface area contributed by atoms with E-state index in [1.165, 1.54) is 18.2 Å². The van der Waals surface area contributed by atoms with E-state index >= 15 is 0 Å². The molecule has 2 aromatic carbocycles. The van der Waals surface area contributed by atoms with Gasteiger partial charge in [0.1, 0.15) is 5.82 Å². The quantitative estimate of drug-likeness (QED) is 0.545. The van der Waals surface area contributed by atoms with Crippen molar-refractivity contribution in [1.29, 1.82) is 0 Å². The molecule has 0 aliphatic carbocycles. The third-order valence-electron chi connectivity index (χ3n) is 4.38. The Bertz CT molecular complexity index is 842. The highest BCUT2D eigenvalue weighted by molar-refractivity contribution is 7.99. The predicted molar refractivity (Wildman–Crippen MR) is 105 cm³/mol. The molecule has 1 amide bonds. The van der Waals surface area contributed by atoms with E-state index in [4.69, 9.17) is 0 Å². The van der Waals surface area contributed by atoms with Crippen LogP contribution in [0, 0.1) is 15.9 Å². The van der Waals surface area contributed by atoms with Gasteiger partial charge < -0.3 is 10.6 Å². The number of amides is 1. The van der Waals surface area contributed by atoms with Gasteiger partial charge in [-0.1, -0.05) is 11.8 Å². The van der Waals surface area contributed by atoms with E-state index in [0.29, 0.717) is 16.3 Å². The number of hydrogen-bond donors (Lipinski definition) is 2. The summed E-state index contributed by atoms with van der Waals surface area (Å²) >= 11 is 1.16. The van der Waals surface area contributed by atoms with Crippen LogP contribution in [-0.4, -0.2) is 55.0 Å². The minimum Gasteiger partial charge on any atom is -0.351 e. The summed E-state index contributed by atoms with van der Waals surface area (Å²) in [4.78, 5) is 26.6. The number of halogens is 1. The highest BCUT2D eigenvalue weighted by Gasteiger charge is 2.19. The third kappa shape index (κ3) is 5.51. The summed E-state index contributed by atoms with van der Waals surface area (Å²) in [6, 6.07) is 10.1. The van der Waals surface area contributed by atoms with Crippen LogP contribution in [0.2, 0.25) is 0 Å². The lowest BCUT2D eigenvalue weighted by Gasteiger charge is -2.27. The van der Waals surface area contributed by atoms with Crippen LogP contribution < -0.4 is 10.6 Å². The SMILES string of the molecule is O=C(NCCN1CCNCC1)c1ccc(Sc2ccc(F)cc2)c([N+](=O)[O-])c1. The Morgan fingerprint density at radius 2 is 1.93 bits per heavy atom. The Morgan fingerprint density at radius 1 is 1.21 bits per heavy atom. The molecule has 0 radical (unpaired) electrons. The summed E-state index contributed by atoms with van der Waals surface area (Å²) in [5.74, 6) is -0.705. The van der Waals surface area contributed by atoms with Gasteiger partial charge in [-0.2, -0.15) is 0 Å². The Hall–Kier alpha value is -2.49. The summed E-state index contributed by atoms with van der Waals surface area (Å²) in [5.41, 5.74) is 0.0968. The maximum atomic E-state index is 13.0. The van der Waals surface area contributed by atoms with Gasteiger partial charge >= 0.3 is 0 Å². The maximum Gasteiger partial charge on any atom is 0.284 e. The van der Waals surface area contributed by atoms with Crippen molar-refractivity contribution in [3.8, 4) is 0 Å². The van der Waals surface area contributed by atoms with Gasteiger partial charge in [-0.3, -0.25) is 19.8 Å². The Morgan fingerprint density at radius 3 is 2.61 bits per heavy atom. The Kier molecular flexibility index (Phi) is 6.96. The Balaban J connectivity index is 1.64. The fraction of sp³-hybridized carbons (Fsp3) is 0.316. The number of rotatable bonds is 7. The number of carbonyl (C=O) groups excluding carboxylic acids is 1. The molecule has 1 saturated heterocycles. The molecule has 0 unspecified atom stereocenters. The molecule has 1 aliphatic rings. The molecular weight excluding hydrogens is 383 g/mol. The van der Waals surface area contributed by atoms with E-state index in [1.807, 2.05) is 0 Å². The predicted octanol–water partition coefficient (Wildman–Crippen LogP) is 2.52. The molecule has 1 fully saturated rings. The lowest BCUT2D eigenvalue weighted by Crippen LogP contribution is -2.46. The smallest absolute Gasteiger partial charge is 0.284 e. The molecule has 7 nitrogen and oxygen atoms in total. The van der Waals surface area contributed by atoms with Crippen molar-refractivity contribution in [2.45, 2.75) is 9.79 Å². The fourth-order valence-corrected chi connectivity index (χ4v) is 3.78.